The number of carboxylic acid groups (broad SMARTS) is 1. The predicted molar refractivity (Wildman–Crippen MR) is 70.7 cm³/mol. The van der Waals surface area contributed by atoms with Gasteiger partial charge >= 0.3 is 5.97 Å². The monoisotopic (exact) mass is 282 g/mol. The minimum absolute atomic E-state index is 0.118. The minimum atomic E-state index is -1.04. The molecule has 5 nitrogen and oxygen atoms in total. The van der Waals surface area contributed by atoms with Crippen molar-refractivity contribution in [2.45, 2.75) is 57.8 Å². The number of carboxylic acids is 1. The Hall–Kier alpha value is -0.910. The van der Waals surface area contributed by atoms with Crippen LogP contribution in [0.15, 0.2) is 11.6 Å². The quantitative estimate of drug-likeness (QED) is 0.757. The maximum absolute atomic E-state index is 11.4. The molecule has 2 aliphatic carbocycles. The van der Waals surface area contributed by atoms with E-state index in [4.69, 9.17) is 9.78 Å². The van der Waals surface area contributed by atoms with Crippen molar-refractivity contribution in [1.82, 2.24) is 0 Å². The largest absolute Gasteiger partial charge is 0.478 e. The van der Waals surface area contributed by atoms with E-state index in [-0.39, 0.29) is 16.9 Å². The van der Waals surface area contributed by atoms with Crippen molar-refractivity contribution in [2.75, 3.05) is 0 Å². The zero-order valence-corrected chi connectivity index (χ0v) is 12.1. The Morgan fingerprint density at radius 2 is 2.20 bits per heavy atom. The molecule has 0 aromatic heterocycles. The average Bonchev–Trinajstić information content (AvgIpc) is 2.55. The third-order valence-electron chi connectivity index (χ3n) is 5.61. The van der Waals surface area contributed by atoms with E-state index in [1.807, 2.05) is 0 Å². The van der Waals surface area contributed by atoms with Crippen molar-refractivity contribution < 1.29 is 24.8 Å². The Kier molecular flexibility index (Phi) is 3.01. The van der Waals surface area contributed by atoms with E-state index in [1.165, 1.54) is 6.08 Å². The summed E-state index contributed by atoms with van der Waals surface area (Å²) in [5.41, 5.74) is -0.958. The van der Waals surface area contributed by atoms with Gasteiger partial charge in [0, 0.05) is 5.41 Å². The first-order valence-corrected chi connectivity index (χ1v) is 7.29. The molecule has 2 N–H and O–H groups in total. The SMILES string of the molecule is CC(C)[C@H]1CC[C@]2(C)C[C@@H]3OO[C@]12[C@@H](O)C=C3C(=O)O. The van der Waals surface area contributed by atoms with Crippen molar-refractivity contribution in [2.24, 2.45) is 17.3 Å². The van der Waals surface area contributed by atoms with Gasteiger partial charge in [0.25, 0.3) is 0 Å². The summed E-state index contributed by atoms with van der Waals surface area (Å²) in [7, 11) is 0. The molecule has 1 saturated heterocycles. The van der Waals surface area contributed by atoms with Gasteiger partial charge in [-0.25, -0.2) is 14.6 Å². The van der Waals surface area contributed by atoms with Crippen LogP contribution in [0.2, 0.25) is 0 Å². The van der Waals surface area contributed by atoms with Gasteiger partial charge in [0.1, 0.15) is 17.8 Å². The molecule has 5 heteroatoms. The Labute approximate surface area is 118 Å². The molecule has 5 atom stereocenters. The fraction of sp³-hybridized carbons (Fsp3) is 0.800. The first kappa shape index (κ1) is 14.0. The summed E-state index contributed by atoms with van der Waals surface area (Å²) in [5, 5.41) is 20.0. The van der Waals surface area contributed by atoms with E-state index in [9.17, 15) is 15.0 Å². The van der Waals surface area contributed by atoms with Crippen LogP contribution < -0.4 is 0 Å². The summed E-state index contributed by atoms with van der Waals surface area (Å²) in [4.78, 5) is 22.5. The first-order valence-electron chi connectivity index (χ1n) is 7.29. The Bertz CT molecular complexity index is 471. The molecule has 0 aromatic carbocycles. The molecule has 1 spiro atoms. The molecular weight excluding hydrogens is 260 g/mol. The standard InChI is InChI=1S/C15H22O5/c1-8(2)10-4-5-14(3)7-11-9(13(17)18)6-12(16)15(10,14)20-19-11/h6,8,10-12,16H,4-5,7H2,1-3H3,(H,17,18)/t10-,11+,12+,14-,15+/m1/s1. The lowest BCUT2D eigenvalue weighted by molar-refractivity contribution is -0.445. The van der Waals surface area contributed by atoms with E-state index in [0.717, 1.165) is 12.8 Å². The number of aliphatic hydroxyl groups is 1. The van der Waals surface area contributed by atoms with Gasteiger partial charge in [-0.15, -0.1) is 0 Å². The fourth-order valence-corrected chi connectivity index (χ4v) is 4.56. The predicted octanol–water partition coefficient (Wildman–Crippen LogP) is 1.90. The summed E-state index contributed by atoms with van der Waals surface area (Å²) in [6.07, 6.45) is 2.39. The van der Waals surface area contributed by atoms with Gasteiger partial charge in [-0.2, -0.15) is 0 Å². The highest BCUT2D eigenvalue weighted by atomic mass is 17.2. The van der Waals surface area contributed by atoms with Crippen molar-refractivity contribution in [1.29, 1.82) is 0 Å². The number of aliphatic hydroxyl groups excluding tert-OH is 1. The summed E-state index contributed by atoms with van der Waals surface area (Å²) >= 11 is 0. The van der Waals surface area contributed by atoms with Crippen LogP contribution in [0.1, 0.15) is 40.0 Å². The molecule has 1 saturated carbocycles. The molecule has 2 fully saturated rings. The van der Waals surface area contributed by atoms with E-state index in [2.05, 4.69) is 20.8 Å². The molecule has 112 valence electrons. The van der Waals surface area contributed by atoms with Gasteiger partial charge in [0.05, 0.1) is 5.57 Å². The third-order valence-corrected chi connectivity index (χ3v) is 5.61. The van der Waals surface area contributed by atoms with E-state index in [1.54, 1.807) is 0 Å². The zero-order valence-electron chi connectivity index (χ0n) is 12.1. The summed E-state index contributed by atoms with van der Waals surface area (Å²) in [6.45, 7) is 6.31. The highest BCUT2D eigenvalue weighted by Gasteiger charge is 2.68. The molecule has 0 unspecified atom stereocenters. The normalized spacial score (nSPS) is 47.0. The van der Waals surface area contributed by atoms with Crippen LogP contribution in [0.3, 0.4) is 0 Å². The van der Waals surface area contributed by atoms with Crippen molar-refractivity contribution in [3.63, 3.8) is 0 Å². The second-order valence-corrected chi connectivity index (χ2v) is 6.99. The molecule has 0 amide bonds. The number of hydrogen-bond donors (Lipinski definition) is 2. The second-order valence-electron chi connectivity index (χ2n) is 6.99. The van der Waals surface area contributed by atoms with E-state index < -0.39 is 23.8 Å². The van der Waals surface area contributed by atoms with Crippen LogP contribution in [0.5, 0.6) is 0 Å². The van der Waals surface area contributed by atoms with Gasteiger partial charge in [-0.1, -0.05) is 20.8 Å². The second kappa shape index (κ2) is 4.29. The third kappa shape index (κ3) is 1.57. The van der Waals surface area contributed by atoms with Crippen molar-refractivity contribution in [3.8, 4) is 0 Å². The van der Waals surface area contributed by atoms with Crippen LogP contribution in [-0.4, -0.2) is 34.0 Å². The average molecular weight is 282 g/mol. The van der Waals surface area contributed by atoms with Crippen LogP contribution in [0.25, 0.3) is 0 Å². The molecule has 2 heterocycles. The topological polar surface area (TPSA) is 76.0 Å². The van der Waals surface area contributed by atoms with Crippen LogP contribution in [0, 0.1) is 17.3 Å². The number of rotatable bonds is 2. The number of aliphatic carboxylic acids is 1. The Morgan fingerprint density at radius 3 is 2.80 bits per heavy atom. The van der Waals surface area contributed by atoms with Crippen LogP contribution >= 0.6 is 0 Å². The number of fused-ring (bicyclic) bond motifs is 2. The Morgan fingerprint density at radius 1 is 1.50 bits per heavy atom. The van der Waals surface area contributed by atoms with Crippen molar-refractivity contribution >= 4 is 5.97 Å². The van der Waals surface area contributed by atoms with Gasteiger partial charge in [0.15, 0.2) is 0 Å². The Balaban J connectivity index is 2.12. The molecule has 4 aliphatic rings. The zero-order chi connectivity index (χ0) is 14.7. The van der Waals surface area contributed by atoms with Gasteiger partial charge in [0.2, 0.25) is 0 Å². The van der Waals surface area contributed by atoms with Gasteiger partial charge in [-0.3, -0.25) is 0 Å². The molecule has 0 radical (unpaired) electrons. The molecule has 4 rings (SSSR count). The molecule has 2 bridgehead atoms. The lowest BCUT2D eigenvalue weighted by Gasteiger charge is -2.51. The molecular formula is C15H22O5. The number of carbonyl (C=O) groups is 1. The molecule has 2 aliphatic heterocycles. The highest BCUT2D eigenvalue weighted by molar-refractivity contribution is 5.88. The maximum atomic E-state index is 11.4. The van der Waals surface area contributed by atoms with Crippen molar-refractivity contribution in [3.05, 3.63) is 11.6 Å². The first-order chi connectivity index (χ1) is 9.32. The smallest absolute Gasteiger partial charge is 0.334 e. The fourth-order valence-electron chi connectivity index (χ4n) is 4.56. The van der Waals surface area contributed by atoms with Gasteiger partial charge in [-0.05, 0) is 37.2 Å². The highest BCUT2D eigenvalue weighted by Crippen LogP contribution is 2.62. The minimum Gasteiger partial charge on any atom is -0.478 e. The van der Waals surface area contributed by atoms with Crippen LogP contribution in [-0.2, 0) is 14.6 Å². The maximum Gasteiger partial charge on any atom is 0.334 e. The van der Waals surface area contributed by atoms with Gasteiger partial charge < -0.3 is 10.2 Å². The van der Waals surface area contributed by atoms with Crippen LogP contribution in [0.4, 0.5) is 0 Å². The molecule has 20 heavy (non-hydrogen) atoms. The summed E-state index contributed by atoms with van der Waals surface area (Å²) in [6, 6.07) is 0. The lowest BCUT2D eigenvalue weighted by atomic mass is 9.65. The van der Waals surface area contributed by atoms with E-state index >= 15 is 0 Å². The summed E-state index contributed by atoms with van der Waals surface area (Å²) < 4.78 is 0. The molecule has 0 aromatic rings. The van der Waals surface area contributed by atoms with E-state index in [0.29, 0.717) is 12.3 Å². The lowest BCUT2D eigenvalue weighted by Crippen LogP contribution is -2.60. The number of hydrogen-bond acceptors (Lipinski definition) is 4. The summed E-state index contributed by atoms with van der Waals surface area (Å²) in [5.74, 6) is -0.543.